The standard InChI is InChI=1S/C27H25FN6O3S2/c1-37-21-6-2-4-18(16-21)24-25(34-14-15-38-27(34)32-24)23-11-12-29-26(31-23)30-20-5-3-13-33(17-20)39(35,36)22-9-7-19(28)8-10-22/h2,4,6-12,14-16,20H,3,5,13,17H2,1H3,(H,29,30,31)/t20-/m1/s1. The van der Waals surface area contributed by atoms with Crippen molar-refractivity contribution < 1.29 is 17.5 Å². The zero-order valence-corrected chi connectivity index (χ0v) is 22.6. The van der Waals surface area contributed by atoms with E-state index < -0.39 is 15.8 Å². The normalized spacial score (nSPS) is 16.4. The lowest BCUT2D eigenvalue weighted by atomic mass is 10.1. The van der Waals surface area contributed by atoms with Gasteiger partial charge in [-0.05, 0) is 55.3 Å². The highest BCUT2D eigenvalue weighted by molar-refractivity contribution is 7.89. The van der Waals surface area contributed by atoms with E-state index in [-0.39, 0.29) is 17.5 Å². The molecule has 0 saturated carbocycles. The number of rotatable bonds is 7. The van der Waals surface area contributed by atoms with Crippen LogP contribution in [0.15, 0.2) is 77.3 Å². The molecule has 1 aliphatic heterocycles. The van der Waals surface area contributed by atoms with Crippen molar-refractivity contribution in [3.05, 3.63) is 78.2 Å². The minimum Gasteiger partial charge on any atom is -0.497 e. The van der Waals surface area contributed by atoms with Gasteiger partial charge in [0.05, 0.1) is 23.4 Å². The molecular formula is C27H25FN6O3S2. The highest BCUT2D eigenvalue weighted by Crippen LogP contribution is 2.35. The number of imidazole rings is 1. The highest BCUT2D eigenvalue weighted by atomic mass is 32.2. The van der Waals surface area contributed by atoms with Crippen molar-refractivity contribution in [2.45, 2.75) is 23.8 Å². The van der Waals surface area contributed by atoms with E-state index in [0.717, 1.165) is 46.2 Å². The predicted molar refractivity (Wildman–Crippen MR) is 148 cm³/mol. The number of methoxy groups -OCH3 is 1. The summed E-state index contributed by atoms with van der Waals surface area (Å²) in [5.41, 5.74) is 3.19. The van der Waals surface area contributed by atoms with Gasteiger partial charge in [-0.25, -0.2) is 27.8 Å². The number of hydrogen-bond donors (Lipinski definition) is 1. The molecule has 0 aliphatic carbocycles. The van der Waals surface area contributed by atoms with Crippen LogP contribution in [-0.4, -0.2) is 58.3 Å². The fraction of sp³-hybridized carbons (Fsp3) is 0.222. The minimum atomic E-state index is -3.74. The van der Waals surface area contributed by atoms with Crippen molar-refractivity contribution in [2.75, 3.05) is 25.5 Å². The Labute approximate surface area is 229 Å². The number of piperidine rings is 1. The Hall–Kier alpha value is -3.87. The van der Waals surface area contributed by atoms with Gasteiger partial charge in [0.25, 0.3) is 0 Å². The number of hydrogen-bond acceptors (Lipinski definition) is 8. The molecule has 200 valence electrons. The zero-order chi connectivity index (χ0) is 27.0. The van der Waals surface area contributed by atoms with Crippen LogP contribution in [0.25, 0.3) is 27.6 Å². The van der Waals surface area contributed by atoms with E-state index >= 15 is 0 Å². The fourth-order valence-electron chi connectivity index (χ4n) is 4.78. The summed E-state index contributed by atoms with van der Waals surface area (Å²) in [4.78, 5) is 15.0. The number of benzene rings is 2. The van der Waals surface area contributed by atoms with E-state index in [1.807, 2.05) is 46.3 Å². The van der Waals surface area contributed by atoms with Crippen LogP contribution < -0.4 is 10.1 Å². The van der Waals surface area contributed by atoms with Crippen LogP contribution in [0.4, 0.5) is 10.3 Å². The number of nitrogens with zero attached hydrogens (tertiary/aromatic N) is 5. The molecule has 2 aromatic carbocycles. The SMILES string of the molecule is COc1cccc(-c2nc3sccn3c2-c2ccnc(N[C@@H]3CCCN(S(=O)(=O)c4ccc(F)cc4)C3)n2)c1. The van der Waals surface area contributed by atoms with Gasteiger partial charge in [-0.15, -0.1) is 11.3 Å². The summed E-state index contributed by atoms with van der Waals surface area (Å²) in [5, 5.41) is 5.30. The molecule has 9 nitrogen and oxygen atoms in total. The molecule has 0 radical (unpaired) electrons. The van der Waals surface area contributed by atoms with Crippen LogP contribution in [0, 0.1) is 5.82 Å². The first-order valence-electron chi connectivity index (χ1n) is 12.4. The monoisotopic (exact) mass is 564 g/mol. The largest absolute Gasteiger partial charge is 0.497 e. The predicted octanol–water partition coefficient (Wildman–Crippen LogP) is 4.93. The van der Waals surface area contributed by atoms with Crippen molar-refractivity contribution in [3.63, 3.8) is 0 Å². The van der Waals surface area contributed by atoms with E-state index in [1.165, 1.54) is 27.8 Å². The van der Waals surface area contributed by atoms with Gasteiger partial charge in [0, 0.05) is 42.5 Å². The first-order chi connectivity index (χ1) is 18.9. The van der Waals surface area contributed by atoms with Gasteiger partial charge in [-0.3, -0.25) is 4.40 Å². The molecule has 0 bridgehead atoms. The van der Waals surface area contributed by atoms with Crippen molar-refractivity contribution in [1.29, 1.82) is 0 Å². The third kappa shape index (κ3) is 4.98. The number of anilines is 1. The van der Waals surface area contributed by atoms with E-state index in [2.05, 4.69) is 10.3 Å². The number of ether oxygens (including phenoxy) is 1. The molecule has 0 spiro atoms. The average molecular weight is 565 g/mol. The van der Waals surface area contributed by atoms with Crippen LogP contribution >= 0.6 is 11.3 Å². The molecule has 1 saturated heterocycles. The minimum absolute atomic E-state index is 0.0772. The van der Waals surface area contributed by atoms with Crippen molar-refractivity contribution in [2.24, 2.45) is 0 Å². The van der Waals surface area contributed by atoms with Crippen LogP contribution in [0.2, 0.25) is 0 Å². The van der Waals surface area contributed by atoms with Gasteiger partial charge in [-0.1, -0.05) is 12.1 Å². The Bertz CT molecular complexity index is 1740. The summed E-state index contributed by atoms with van der Waals surface area (Å²) in [6.07, 6.45) is 5.08. The molecule has 1 fully saturated rings. The van der Waals surface area contributed by atoms with Gasteiger partial charge in [0.2, 0.25) is 16.0 Å². The lowest BCUT2D eigenvalue weighted by molar-refractivity contribution is 0.326. The zero-order valence-electron chi connectivity index (χ0n) is 21.0. The molecule has 0 amide bonds. The summed E-state index contributed by atoms with van der Waals surface area (Å²) in [5.74, 6) is 0.661. The first kappa shape index (κ1) is 25.4. The number of fused-ring (bicyclic) bond motifs is 1. The number of thiazole rings is 1. The maximum Gasteiger partial charge on any atom is 0.243 e. The third-order valence-corrected chi connectivity index (χ3v) is 9.31. The summed E-state index contributed by atoms with van der Waals surface area (Å²) < 4.78 is 48.5. The number of aromatic nitrogens is 4. The average Bonchev–Trinajstić information content (AvgIpc) is 3.55. The second-order valence-electron chi connectivity index (χ2n) is 9.16. The summed E-state index contributed by atoms with van der Waals surface area (Å²) in [6.45, 7) is 0.651. The van der Waals surface area contributed by atoms with E-state index in [0.29, 0.717) is 24.6 Å². The van der Waals surface area contributed by atoms with Crippen molar-refractivity contribution in [1.82, 2.24) is 23.7 Å². The van der Waals surface area contributed by atoms with Crippen LogP contribution in [0.5, 0.6) is 5.75 Å². The Morgan fingerprint density at radius 2 is 1.97 bits per heavy atom. The molecular weight excluding hydrogens is 539 g/mol. The molecule has 1 atom stereocenters. The molecule has 5 aromatic rings. The van der Waals surface area contributed by atoms with Crippen molar-refractivity contribution >= 4 is 32.3 Å². The Morgan fingerprint density at radius 3 is 2.79 bits per heavy atom. The fourth-order valence-corrected chi connectivity index (χ4v) is 7.02. The van der Waals surface area contributed by atoms with Gasteiger partial charge in [0.15, 0.2) is 4.96 Å². The number of nitrogens with one attached hydrogen (secondary N) is 1. The van der Waals surface area contributed by atoms with Gasteiger partial charge in [-0.2, -0.15) is 4.31 Å². The molecule has 39 heavy (non-hydrogen) atoms. The maximum absolute atomic E-state index is 13.3. The van der Waals surface area contributed by atoms with Gasteiger partial charge in [0.1, 0.15) is 17.3 Å². The third-order valence-electron chi connectivity index (χ3n) is 6.67. The summed E-state index contributed by atoms with van der Waals surface area (Å²) in [6, 6.07) is 14.3. The van der Waals surface area contributed by atoms with E-state index in [4.69, 9.17) is 14.7 Å². The topological polar surface area (TPSA) is 102 Å². The van der Waals surface area contributed by atoms with Gasteiger partial charge < -0.3 is 10.1 Å². The molecule has 3 aromatic heterocycles. The first-order valence-corrected chi connectivity index (χ1v) is 14.7. The summed E-state index contributed by atoms with van der Waals surface area (Å²) in [7, 11) is -2.11. The number of halogens is 1. The molecule has 12 heteroatoms. The van der Waals surface area contributed by atoms with Crippen LogP contribution in [-0.2, 0) is 10.0 Å². The Morgan fingerprint density at radius 1 is 1.13 bits per heavy atom. The quantitative estimate of drug-likeness (QED) is 0.299. The second kappa shape index (κ2) is 10.4. The highest BCUT2D eigenvalue weighted by Gasteiger charge is 2.31. The Balaban J connectivity index is 1.28. The van der Waals surface area contributed by atoms with Crippen LogP contribution in [0.1, 0.15) is 12.8 Å². The maximum atomic E-state index is 13.3. The molecule has 1 N–H and O–H groups in total. The summed E-state index contributed by atoms with van der Waals surface area (Å²) >= 11 is 1.53. The van der Waals surface area contributed by atoms with Crippen LogP contribution in [0.3, 0.4) is 0 Å². The van der Waals surface area contributed by atoms with Gasteiger partial charge >= 0.3 is 0 Å². The second-order valence-corrected chi connectivity index (χ2v) is 12.0. The number of sulfonamides is 1. The lowest BCUT2D eigenvalue weighted by Gasteiger charge is -2.32. The molecule has 1 aliphatic rings. The Kier molecular flexibility index (Phi) is 6.75. The smallest absolute Gasteiger partial charge is 0.243 e. The lowest BCUT2D eigenvalue weighted by Crippen LogP contribution is -2.45. The van der Waals surface area contributed by atoms with E-state index in [1.54, 1.807) is 13.3 Å². The molecule has 6 rings (SSSR count). The van der Waals surface area contributed by atoms with E-state index in [9.17, 15) is 12.8 Å². The molecule has 0 unspecified atom stereocenters. The molecule has 4 heterocycles. The van der Waals surface area contributed by atoms with Crippen molar-refractivity contribution in [3.8, 4) is 28.4 Å².